The van der Waals surface area contributed by atoms with Gasteiger partial charge < -0.3 is 14.6 Å². The number of nitrogens with zero attached hydrogens (tertiary/aromatic N) is 1. The van der Waals surface area contributed by atoms with Crippen LogP contribution in [0.5, 0.6) is 0 Å². The molecule has 0 atom stereocenters. The molecule has 1 N–H and O–H groups in total. The molecule has 0 fully saturated rings. The van der Waals surface area contributed by atoms with Crippen LogP contribution in [0.1, 0.15) is 32.1 Å². The minimum atomic E-state index is 0.723. The first-order chi connectivity index (χ1) is 8.13. The SMILES string of the molecule is CCc1occc1CN(C)CCNCC(C)C. The lowest BCUT2D eigenvalue weighted by Crippen LogP contribution is -2.30. The summed E-state index contributed by atoms with van der Waals surface area (Å²) in [5.41, 5.74) is 1.32. The second kappa shape index (κ2) is 7.51. The summed E-state index contributed by atoms with van der Waals surface area (Å²) < 4.78 is 5.43. The van der Waals surface area contributed by atoms with Gasteiger partial charge in [-0.1, -0.05) is 20.8 Å². The van der Waals surface area contributed by atoms with Crippen LogP contribution in [0.4, 0.5) is 0 Å². The fourth-order valence-electron chi connectivity index (χ4n) is 1.85. The van der Waals surface area contributed by atoms with E-state index in [1.54, 1.807) is 6.26 Å². The maximum Gasteiger partial charge on any atom is 0.107 e. The molecule has 1 aromatic heterocycles. The number of nitrogens with one attached hydrogen (secondary N) is 1. The highest BCUT2D eigenvalue weighted by Gasteiger charge is 2.07. The van der Waals surface area contributed by atoms with E-state index in [0.29, 0.717) is 0 Å². The van der Waals surface area contributed by atoms with Crippen LogP contribution in [0.3, 0.4) is 0 Å². The molecule has 0 aliphatic carbocycles. The van der Waals surface area contributed by atoms with E-state index in [9.17, 15) is 0 Å². The topological polar surface area (TPSA) is 28.4 Å². The van der Waals surface area contributed by atoms with E-state index in [0.717, 1.165) is 44.3 Å². The van der Waals surface area contributed by atoms with Crippen LogP contribution in [0, 0.1) is 5.92 Å². The normalized spacial score (nSPS) is 11.6. The van der Waals surface area contributed by atoms with Gasteiger partial charge in [-0.05, 0) is 25.6 Å². The van der Waals surface area contributed by atoms with E-state index in [1.807, 2.05) is 0 Å². The molecule has 3 nitrogen and oxygen atoms in total. The molecule has 98 valence electrons. The number of hydrogen-bond acceptors (Lipinski definition) is 3. The molecule has 3 heteroatoms. The third-order valence-corrected chi connectivity index (χ3v) is 2.82. The summed E-state index contributed by atoms with van der Waals surface area (Å²) in [6, 6.07) is 2.08. The van der Waals surface area contributed by atoms with Crippen molar-refractivity contribution in [1.29, 1.82) is 0 Å². The van der Waals surface area contributed by atoms with Crippen LogP contribution < -0.4 is 5.32 Å². The van der Waals surface area contributed by atoms with Gasteiger partial charge in [0.15, 0.2) is 0 Å². The van der Waals surface area contributed by atoms with Gasteiger partial charge in [0.25, 0.3) is 0 Å². The maximum absolute atomic E-state index is 5.43. The van der Waals surface area contributed by atoms with Crippen molar-refractivity contribution in [2.75, 3.05) is 26.7 Å². The predicted octanol–water partition coefficient (Wildman–Crippen LogP) is 2.52. The van der Waals surface area contributed by atoms with Crippen LogP contribution in [-0.2, 0) is 13.0 Å². The Kier molecular flexibility index (Phi) is 6.30. The Morgan fingerprint density at radius 2 is 2.18 bits per heavy atom. The van der Waals surface area contributed by atoms with Crippen molar-refractivity contribution >= 4 is 0 Å². The van der Waals surface area contributed by atoms with Crippen molar-refractivity contribution in [1.82, 2.24) is 10.2 Å². The Labute approximate surface area is 105 Å². The Morgan fingerprint density at radius 3 is 2.82 bits per heavy atom. The molecule has 1 aromatic rings. The maximum atomic E-state index is 5.43. The molecule has 0 saturated carbocycles. The Bertz CT molecular complexity index is 307. The average Bonchev–Trinajstić information content (AvgIpc) is 2.71. The third-order valence-electron chi connectivity index (χ3n) is 2.82. The van der Waals surface area contributed by atoms with Gasteiger partial charge in [-0.25, -0.2) is 0 Å². The largest absolute Gasteiger partial charge is 0.469 e. The van der Waals surface area contributed by atoms with Crippen LogP contribution >= 0.6 is 0 Å². The van der Waals surface area contributed by atoms with Crippen LogP contribution in [-0.4, -0.2) is 31.6 Å². The van der Waals surface area contributed by atoms with Crippen molar-refractivity contribution in [2.24, 2.45) is 5.92 Å². The third kappa shape index (κ3) is 5.37. The molecule has 0 aliphatic rings. The van der Waals surface area contributed by atoms with Crippen molar-refractivity contribution in [3.05, 3.63) is 23.7 Å². The molecule has 0 aliphatic heterocycles. The standard InChI is InChI=1S/C14H26N2O/c1-5-14-13(6-9-17-14)11-16(4)8-7-15-10-12(2)3/h6,9,12,15H,5,7-8,10-11H2,1-4H3. The molecule has 0 bridgehead atoms. The average molecular weight is 238 g/mol. The smallest absolute Gasteiger partial charge is 0.107 e. The van der Waals surface area contributed by atoms with Crippen molar-refractivity contribution in [3.8, 4) is 0 Å². The molecule has 1 rings (SSSR count). The van der Waals surface area contributed by atoms with Gasteiger partial charge in [0.2, 0.25) is 0 Å². The van der Waals surface area contributed by atoms with Crippen molar-refractivity contribution in [2.45, 2.75) is 33.7 Å². The number of aryl methyl sites for hydroxylation is 1. The highest BCUT2D eigenvalue weighted by molar-refractivity contribution is 5.16. The summed E-state index contributed by atoms with van der Waals surface area (Å²) in [7, 11) is 2.16. The molecule has 0 radical (unpaired) electrons. The summed E-state index contributed by atoms with van der Waals surface area (Å²) in [5, 5.41) is 3.46. The van der Waals surface area contributed by atoms with Crippen LogP contribution in [0.25, 0.3) is 0 Å². The van der Waals surface area contributed by atoms with Gasteiger partial charge in [-0.15, -0.1) is 0 Å². The lowest BCUT2D eigenvalue weighted by atomic mass is 10.2. The first-order valence-corrected chi connectivity index (χ1v) is 6.58. The Balaban J connectivity index is 2.23. The second-order valence-corrected chi connectivity index (χ2v) is 5.06. The summed E-state index contributed by atoms with van der Waals surface area (Å²) >= 11 is 0. The van der Waals surface area contributed by atoms with E-state index < -0.39 is 0 Å². The Morgan fingerprint density at radius 1 is 1.41 bits per heavy atom. The van der Waals surface area contributed by atoms with E-state index in [1.165, 1.54) is 5.56 Å². The van der Waals surface area contributed by atoms with E-state index >= 15 is 0 Å². The lowest BCUT2D eigenvalue weighted by molar-refractivity contribution is 0.318. The fraction of sp³-hybridized carbons (Fsp3) is 0.714. The van der Waals surface area contributed by atoms with Gasteiger partial charge in [-0.2, -0.15) is 0 Å². The van der Waals surface area contributed by atoms with E-state index in [-0.39, 0.29) is 0 Å². The number of rotatable bonds is 8. The number of likely N-dealkylation sites (N-methyl/N-ethyl adjacent to an activating group) is 1. The van der Waals surface area contributed by atoms with Gasteiger partial charge in [0.1, 0.15) is 5.76 Å². The zero-order chi connectivity index (χ0) is 12.7. The summed E-state index contributed by atoms with van der Waals surface area (Å²) in [4.78, 5) is 2.33. The predicted molar refractivity (Wildman–Crippen MR) is 72.1 cm³/mol. The minimum absolute atomic E-state index is 0.723. The molecule has 0 amide bonds. The van der Waals surface area contributed by atoms with E-state index in [4.69, 9.17) is 4.42 Å². The van der Waals surface area contributed by atoms with Crippen LogP contribution in [0.15, 0.2) is 16.7 Å². The minimum Gasteiger partial charge on any atom is -0.469 e. The quantitative estimate of drug-likeness (QED) is 0.705. The fourth-order valence-corrected chi connectivity index (χ4v) is 1.85. The van der Waals surface area contributed by atoms with Gasteiger partial charge in [-0.3, -0.25) is 0 Å². The molecule has 17 heavy (non-hydrogen) atoms. The molecular formula is C14H26N2O. The van der Waals surface area contributed by atoms with Gasteiger partial charge in [0, 0.05) is 31.6 Å². The van der Waals surface area contributed by atoms with Gasteiger partial charge >= 0.3 is 0 Å². The number of furan rings is 1. The zero-order valence-electron chi connectivity index (χ0n) is 11.6. The highest BCUT2D eigenvalue weighted by Crippen LogP contribution is 2.12. The second-order valence-electron chi connectivity index (χ2n) is 5.06. The molecular weight excluding hydrogens is 212 g/mol. The molecule has 1 heterocycles. The van der Waals surface area contributed by atoms with E-state index in [2.05, 4.69) is 44.1 Å². The molecule has 0 unspecified atom stereocenters. The summed E-state index contributed by atoms with van der Waals surface area (Å²) in [5.74, 6) is 1.84. The van der Waals surface area contributed by atoms with Crippen molar-refractivity contribution < 1.29 is 4.42 Å². The van der Waals surface area contributed by atoms with Gasteiger partial charge in [0.05, 0.1) is 6.26 Å². The zero-order valence-corrected chi connectivity index (χ0v) is 11.6. The summed E-state index contributed by atoms with van der Waals surface area (Å²) in [6.45, 7) is 10.8. The molecule has 0 saturated heterocycles. The molecule has 0 spiro atoms. The number of hydrogen-bond donors (Lipinski definition) is 1. The summed E-state index contributed by atoms with van der Waals surface area (Å²) in [6.07, 6.45) is 2.76. The first kappa shape index (κ1) is 14.3. The Hall–Kier alpha value is -0.800. The first-order valence-electron chi connectivity index (χ1n) is 6.58. The monoisotopic (exact) mass is 238 g/mol. The van der Waals surface area contributed by atoms with Crippen molar-refractivity contribution in [3.63, 3.8) is 0 Å². The van der Waals surface area contributed by atoms with Crippen LogP contribution in [0.2, 0.25) is 0 Å². The molecule has 0 aromatic carbocycles. The highest BCUT2D eigenvalue weighted by atomic mass is 16.3. The lowest BCUT2D eigenvalue weighted by Gasteiger charge is -2.17.